The molecular weight excluding hydrogens is 118 g/mol. The van der Waals surface area contributed by atoms with Crippen LogP contribution in [-0.4, -0.2) is 30.5 Å². The fourth-order valence-electron chi connectivity index (χ4n) is 0.420. The van der Waals surface area contributed by atoms with E-state index in [0.717, 1.165) is 0 Å². The summed E-state index contributed by atoms with van der Waals surface area (Å²) in [4.78, 5) is 0. The average Bonchev–Trinajstić information content (AvgIpc) is 1.86. The number of methoxy groups -OCH3 is 1. The number of aliphatic hydroxyl groups excluding tert-OH is 1. The van der Waals surface area contributed by atoms with Crippen molar-refractivity contribution in [2.45, 2.75) is 25.6 Å². The van der Waals surface area contributed by atoms with Crippen LogP contribution in [0.25, 0.3) is 0 Å². The van der Waals surface area contributed by atoms with Crippen LogP contribution in [0.5, 0.6) is 0 Å². The van der Waals surface area contributed by atoms with Crippen LogP contribution in [0.3, 0.4) is 0 Å². The zero-order valence-corrected chi connectivity index (χ0v) is 6.22. The first-order valence-corrected chi connectivity index (χ1v) is 2.98. The van der Waals surface area contributed by atoms with Crippen LogP contribution in [0, 0.1) is 0 Å². The standard InChI is InChI=1S/C6H15NO2/c1-6(2,9-3)5(8)4-7/h5,8H,4,7H2,1-3H3/t5-/m1/s1. The van der Waals surface area contributed by atoms with Gasteiger partial charge in [-0.25, -0.2) is 0 Å². The predicted octanol–water partition coefficient (Wildman–Crippen LogP) is -0.269. The van der Waals surface area contributed by atoms with Gasteiger partial charge in [0.1, 0.15) is 0 Å². The highest BCUT2D eigenvalue weighted by molar-refractivity contribution is 4.78. The molecule has 56 valence electrons. The van der Waals surface area contributed by atoms with Crippen molar-refractivity contribution in [3.8, 4) is 0 Å². The maximum atomic E-state index is 9.14. The monoisotopic (exact) mass is 133 g/mol. The molecule has 0 unspecified atom stereocenters. The van der Waals surface area contributed by atoms with Crippen molar-refractivity contribution in [1.82, 2.24) is 0 Å². The number of rotatable bonds is 3. The molecule has 3 nitrogen and oxygen atoms in total. The highest BCUT2D eigenvalue weighted by atomic mass is 16.5. The first-order valence-electron chi connectivity index (χ1n) is 2.98. The summed E-state index contributed by atoms with van der Waals surface area (Å²) in [5.74, 6) is 0. The van der Waals surface area contributed by atoms with Crippen molar-refractivity contribution in [3.05, 3.63) is 0 Å². The zero-order valence-electron chi connectivity index (χ0n) is 6.22. The van der Waals surface area contributed by atoms with Gasteiger partial charge in [0.25, 0.3) is 0 Å². The van der Waals surface area contributed by atoms with Crippen LogP contribution in [0.2, 0.25) is 0 Å². The van der Waals surface area contributed by atoms with Crippen molar-refractivity contribution < 1.29 is 9.84 Å². The number of ether oxygens (including phenoxy) is 1. The molecule has 0 spiro atoms. The Bertz CT molecular complexity index is 83.1. The van der Waals surface area contributed by atoms with E-state index in [-0.39, 0.29) is 6.54 Å². The van der Waals surface area contributed by atoms with Gasteiger partial charge in [-0.2, -0.15) is 0 Å². The molecule has 0 saturated carbocycles. The van der Waals surface area contributed by atoms with E-state index in [9.17, 15) is 0 Å². The molecule has 0 aliphatic heterocycles. The Labute approximate surface area is 55.8 Å². The molecule has 0 aromatic heterocycles. The molecule has 0 fully saturated rings. The van der Waals surface area contributed by atoms with Gasteiger partial charge in [0, 0.05) is 13.7 Å². The molecule has 0 aliphatic rings. The van der Waals surface area contributed by atoms with Crippen LogP contribution >= 0.6 is 0 Å². The Morgan fingerprint density at radius 1 is 1.67 bits per heavy atom. The lowest BCUT2D eigenvalue weighted by molar-refractivity contribution is -0.0726. The third-order valence-corrected chi connectivity index (χ3v) is 1.55. The van der Waals surface area contributed by atoms with Crippen molar-refractivity contribution in [2.24, 2.45) is 5.73 Å². The van der Waals surface area contributed by atoms with Gasteiger partial charge >= 0.3 is 0 Å². The Morgan fingerprint density at radius 3 is 2.22 bits per heavy atom. The number of hydrogen-bond donors (Lipinski definition) is 2. The topological polar surface area (TPSA) is 55.5 Å². The van der Waals surface area contributed by atoms with Crippen molar-refractivity contribution >= 4 is 0 Å². The Hall–Kier alpha value is -0.120. The van der Waals surface area contributed by atoms with Crippen molar-refractivity contribution in [1.29, 1.82) is 0 Å². The maximum absolute atomic E-state index is 9.14. The van der Waals surface area contributed by atoms with Crippen LogP contribution in [0.4, 0.5) is 0 Å². The second-order valence-electron chi connectivity index (χ2n) is 2.56. The smallest absolute Gasteiger partial charge is 0.0946 e. The minimum atomic E-state index is -0.581. The Kier molecular flexibility index (Phi) is 3.11. The minimum Gasteiger partial charge on any atom is -0.389 e. The molecule has 1 atom stereocenters. The lowest BCUT2D eigenvalue weighted by Gasteiger charge is -2.27. The van der Waals surface area contributed by atoms with Crippen LogP contribution in [0.15, 0.2) is 0 Å². The highest BCUT2D eigenvalue weighted by Crippen LogP contribution is 2.11. The number of aliphatic hydroxyl groups is 1. The molecule has 3 heteroatoms. The van der Waals surface area contributed by atoms with E-state index >= 15 is 0 Å². The summed E-state index contributed by atoms with van der Waals surface area (Å²) in [6, 6.07) is 0. The molecule has 0 aromatic rings. The van der Waals surface area contributed by atoms with Crippen molar-refractivity contribution in [2.75, 3.05) is 13.7 Å². The van der Waals surface area contributed by atoms with Gasteiger partial charge in [0.15, 0.2) is 0 Å². The molecule has 9 heavy (non-hydrogen) atoms. The molecule has 3 N–H and O–H groups in total. The van der Waals surface area contributed by atoms with E-state index in [0.29, 0.717) is 0 Å². The molecule has 0 rings (SSSR count). The predicted molar refractivity (Wildman–Crippen MR) is 36.1 cm³/mol. The van der Waals surface area contributed by atoms with E-state index in [4.69, 9.17) is 15.6 Å². The average molecular weight is 133 g/mol. The quantitative estimate of drug-likeness (QED) is 0.557. The van der Waals surface area contributed by atoms with Crippen LogP contribution in [-0.2, 0) is 4.74 Å². The third-order valence-electron chi connectivity index (χ3n) is 1.55. The lowest BCUT2D eigenvalue weighted by Crippen LogP contribution is -2.42. The fraction of sp³-hybridized carbons (Fsp3) is 1.00. The molecule has 0 bridgehead atoms. The van der Waals surface area contributed by atoms with E-state index in [1.165, 1.54) is 0 Å². The van der Waals surface area contributed by atoms with Crippen molar-refractivity contribution in [3.63, 3.8) is 0 Å². The summed E-state index contributed by atoms with van der Waals surface area (Å²) in [5.41, 5.74) is 4.68. The largest absolute Gasteiger partial charge is 0.389 e. The van der Waals surface area contributed by atoms with Gasteiger partial charge in [0.05, 0.1) is 11.7 Å². The zero-order chi connectivity index (χ0) is 7.49. The normalized spacial score (nSPS) is 15.7. The SMILES string of the molecule is COC(C)(C)[C@H](O)CN. The summed E-state index contributed by atoms with van der Waals surface area (Å²) >= 11 is 0. The molecule has 0 radical (unpaired) electrons. The summed E-state index contributed by atoms with van der Waals surface area (Å²) in [6.07, 6.45) is -0.581. The summed E-state index contributed by atoms with van der Waals surface area (Å²) in [7, 11) is 1.55. The fourth-order valence-corrected chi connectivity index (χ4v) is 0.420. The van der Waals surface area contributed by atoms with E-state index in [1.54, 1.807) is 21.0 Å². The molecular formula is C6H15NO2. The highest BCUT2D eigenvalue weighted by Gasteiger charge is 2.25. The maximum Gasteiger partial charge on any atom is 0.0946 e. The second kappa shape index (κ2) is 3.15. The van der Waals surface area contributed by atoms with Gasteiger partial charge < -0.3 is 15.6 Å². The third kappa shape index (κ3) is 2.30. The molecule has 0 heterocycles. The lowest BCUT2D eigenvalue weighted by atomic mass is 10.0. The molecule has 0 aromatic carbocycles. The number of hydrogen-bond acceptors (Lipinski definition) is 3. The minimum absolute atomic E-state index is 0.237. The van der Waals surface area contributed by atoms with Gasteiger partial charge in [0.2, 0.25) is 0 Å². The summed E-state index contributed by atoms with van der Waals surface area (Å²) < 4.78 is 4.96. The van der Waals surface area contributed by atoms with E-state index in [1.807, 2.05) is 0 Å². The van der Waals surface area contributed by atoms with E-state index in [2.05, 4.69) is 0 Å². The molecule has 0 saturated heterocycles. The Morgan fingerprint density at radius 2 is 2.11 bits per heavy atom. The van der Waals surface area contributed by atoms with Gasteiger partial charge in [-0.1, -0.05) is 0 Å². The summed E-state index contributed by atoms with van der Waals surface area (Å²) in [6.45, 7) is 3.83. The Balaban J connectivity index is 3.80. The number of nitrogens with two attached hydrogens (primary N) is 1. The van der Waals surface area contributed by atoms with Crippen LogP contribution in [0.1, 0.15) is 13.8 Å². The molecule has 0 aliphatic carbocycles. The first kappa shape index (κ1) is 8.88. The first-order chi connectivity index (χ1) is 4.04. The van der Waals surface area contributed by atoms with Gasteiger partial charge in [-0.15, -0.1) is 0 Å². The van der Waals surface area contributed by atoms with Crippen LogP contribution < -0.4 is 5.73 Å². The molecule has 0 amide bonds. The second-order valence-corrected chi connectivity index (χ2v) is 2.56. The van der Waals surface area contributed by atoms with Gasteiger partial charge in [-0.05, 0) is 13.8 Å². The van der Waals surface area contributed by atoms with E-state index < -0.39 is 11.7 Å². The summed E-state index contributed by atoms with van der Waals surface area (Å²) in [5, 5.41) is 9.14. The van der Waals surface area contributed by atoms with Gasteiger partial charge in [-0.3, -0.25) is 0 Å².